The van der Waals surface area contributed by atoms with Gasteiger partial charge in [-0.25, -0.2) is 10.8 Å². The molecule has 0 saturated carbocycles. The van der Waals surface area contributed by atoms with Gasteiger partial charge in [-0.1, -0.05) is 0 Å². The molecule has 0 aliphatic heterocycles. The Balaban J connectivity index is 2.71. The van der Waals surface area contributed by atoms with Crippen LogP contribution >= 0.6 is 0 Å². The number of hydrogen-bond donors (Lipinski definition) is 4. The second kappa shape index (κ2) is 4.90. The van der Waals surface area contributed by atoms with E-state index < -0.39 is 0 Å². The number of nitrogens with two attached hydrogens (primary N) is 1. The van der Waals surface area contributed by atoms with Crippen LogP contribution in [0.2, 0.25) is 0 Å². The van der Waals surface area contributed by atoms with Crippen molar-refractivity contribution in [3.63, 3.8) is 0 Å². The molecule has 0 aliphatic rings. The van der Waals surface area contributed by atoms with E-state index in [-0.39, 0.29) is 12.1 Å². The molecule has 0 aliphatic carbocycles. The zero-order chi connectivity index (χ0) is 11.3. The molecule has 5 N–H and O–H groups in total. The second-order valence-electron chi connectivity index (χ2n) is 3.89. The van der Waals surface area contributed by atoms with Crippen molar-refractivity contribution in [3.05, 3.63) is 12.3 Å². The van der Waals surface area contributed by atoms with Gasteiger partial charge in [-0.2, -0.15) is 4.98 Å². The molecular weight excluding hydrogens is 194 g/mol. The lowest BCUT2D eigenvalue weighted by Crippen LogP contribution is -2.32. The lowest BCUT2D eigenvalue weighted by molar-refractivity contribution is 0.260. The average Bonchev–Trinajstić information content (AvgIpc) is 2.17. The maximum absolute atomic E-state index is 8.88. The molecule has 0 amide bonds. The van der Waals surface area contributed by atoms with Crippen LogP contribution in [0, 0.1) is 0 Å². The van der Waals surface area contributed by atoms with E-state index in [1.807, 2.05) is 13.8 Å². The van der Waals surface area contributed by atoms with Crippen LogP contribution in [0.4, 0.5) is 11.8 Å². The van der Waals surface area contributed by atoms with E-state index in [0.717, 1.165) is 0 Å². The largest absolute Gasteiger partial charge is 0.396 e. The predicted octanol–water partition coefficient (Wildman–Crippen LogP) is 0.335. The standard InChI is InChI=1S/C9H17N5O/c1-9(2,4-6-15)13-7-3-5-11-8(12-7)14-10/h3,5,15H,4,6,10H2,1-2H3,(H2,11,12,13,14). The van der Waals surface area contributed by atoms with Crippen LogP contribution < -0.4 is 16.6 Å². The van der Waals surface area contributed by atoms with Crippen LogP contribution in [-0.4, -0.2) is 27.2 Å². The fourth-order valence-corrected chi connectivity index (χ4v) is 1.19. The Morgan fingerprint density at radius 2 is 2.27 bits per heavy atom. The van der Waals surface area contributed by atoms with Crippen molar-refractivity contribution in [3.8, 4) is 0 Å². The van der Waals surface area contributed by atoms with E-state index >= 15 is 0 Å². The van der Waals surface area contributed by atoms with Crippen LogP contribution in [0.1, 0.15) is 20.3 Å². The molecule has 0 saturated heterocycles. The van der Waals surface area contributed by atoms with Crippen molar-refractivity contribution < 1.29 is 5.11 Å². The fourth-order valence-electron chi connectivity index (χ4n) is 1.19. The highest BCUT2D eigenvalue weighted by atomic mass is 16.3. The van der Waals surface area contributed by atoms with Gasteiger partial charge in [-0.15, -0.1) is 0 Å². The number of anilines is 2. The van der Waals surface area contributed by atoms with Crippen molar-refractivity contribution in [1.29, 1.82) is 0 Å². The Hall–Kier alpha value is -1.40. The number of rotatable bonds is 5. The zero-order valence-corrected chi connectivity index (χ0v) is 8.99. The third-order valence-electron chi connectivity index (χ3n) is 1.99. The Labute approximate surface area is 88.9 Å². The van der Waals surface area contributed by atoms with Crippen LogP contribution in [-0.2, 0) is 0 Å². The van der Waals surface area contributed by atoms with Gasteiger partial charge in [0, 0.05) is 18.3 Å². The molecule has 0 aromatic carbocycles. The molecule has 1 rings (SSSR count). The van der Waals surface area contributed by atoms with Crippen molar-refractivity contribution in [2.24, 2.45) is 5.84 Å². The smallest absolute Gasteiger partial charge is 0.239 e. The number of nitrogens with zero attached hydrogens (tertiary/aromatic N) is 2. The molecular formula is C9H17N5O. The van der Waals surface area contributed by atoms with Gasteiger partial charge in [0.1, 0.15) is 5.82 Å². The van der Waals surface area contributed by atoms with E-state index in [1.54, 1.807) is 12.3 Å². The van der Waals surface area contributed by atoms with E-state index in [2.05, 4.69) is 20.7 Å². The van der Waals surface area contributed by atoms with Gasteiger partial charge in [-0.05, 0) is 26.3 Å². The summed E-state index contributed by atoms with van der Waals surface area (Å²) < 4.78 is 0. The lowest BCUT2D eigenvalue weighted by Gasteiger charge is -2.25. The highest BCUT2D eigenvalue weighted by Gasteiger charge is 2.17. The minimum Gasteiger partial charge on any atom is -0.396 e. The SMILES string of the molecule is CC(C)(CCO)Nc1ccnc(NN)n1. The summed E-state index contributed by atoms with van der Waals surface area (Å²) in [7, 11) is 0. The van der Waals surface area contributed by atoms with E-state index in [9.17, 15) is 0 Å². The first-order chi connectivity index (χ1) is 7.07. The van der Waals surface area contributed by atoms with Gasteiger partial charge in [0.05, 0.1) is 0 Å². The lowest BCUT2D eigenvalue weighted by atomic mass is 10.0. The monoisotopic (exact) mass is 211 g/mol. The highest BCUT2D eigenvalue weighted by Crippen LogP contribution is 2.16. The molecule has 6 heteroatoms. The number of nitrogen functional groups attached to an aromatic ring is 1. The van der Waals surface area contributed by atoms with E-state index in [4.69, 9.17) is 10.9 Å². The molecule has 1 heterocycles. The molecule has 1 aromatic heterocycles. The highest BCUT2D eigenvalue weighted by molar-refractivity contribution is 5.40. The fraction of sp³-hybridized carbons (Fsp3) is 0.556. The van der Waals surface area contributed by atoms with Gasteiger partial charge in [-0.3, -0.25) is 5.43 Å². The normalized spacial score (nSPS) is 11.2. The Morgan fingerprint density at radius 1 is 1.53 bits per heavy atom. The zero-order valence-electron chi connectivity index (χ0n) is 8.99. The van der Waals surface area contributed by atoms with Gasteiger partial charge in [0.2, 0.25) is 5.95 Å². The van der Waals surface area contributed by atoms with E-state index in [0.29, 0.717) is 18.2 Å². The van der Waals surface area contributed by atoms with Crippen LogP contribution in [0.25, 0.3) is 0 Å². The van der Waals surface area contributed by atoms with Gasteiger partial charge < -0.3 is 10.4 Å². The maximum Gasteiger partial charge on any atom is 0.239 e. The van der Waals surface area contributed by atoms with E-state index in [1.165, 1.54) is 0 Å². The maximum atomic E-state index is 8.88. The molecule has 0 fully saturated rings. The van der Waals surface area contributed by atoms with Crippen molar-refractivity contribution >= 4 is 11.8 Å². The molecule has 1 aromatic rings. The number of hydrazine groups is 1. The molecule has 15 heavy (non-hydrogen) atoms. The predicted molar refractivity (Wildman–Crippen MR) is 59.2 cm³/mol. The summed E-state index contributed by atoms with van der Waals surface area (Å²) in [6, 6.07) is 1.75. The molecule has 0 bridgehead atoms. The summed E-state index contributed by atoms with van der Waals surface area (Å²) in [4.78, 5) is 8.02. The Kier molecular flexibility index (Phi) is 3.81. The number of aliphatic hydroxyl groups excluding tert-OH is 1. The average molecular weight is 211 g/mol. The summed E-state index contributed by atoms with van der Waals surface area (Å²) in [5, 5.41) is 12.1. The Bertz CT molecular complexity index is 315. The number of aromatic nitrogens is 2. The van der Waals surface area contributed by atoms with Crippen LogP contribution in [0.3, 0.4) is 0 Å². The molecule has 0 unspecified atom stereocenters. The first-order valence-corrected chi connectivity index (χ1v) is 4.76. The Morgan fingerprint density at radius 3 is 2.87 bits per heavy atom. The van der Waals surface area contributed by atoms with Crippen LogP contribution in [0.15, 0.2) is 12.3 Å². The molecule has 0 spiro atoms. The first kappa shape index (κ1) is 11.7. The van der Waals surface area contributed by atoms with Gasteiger partial charge in [0.25, 0.3) is 0 Å². The van der Waals surface area contributed by atoms with Gasteiger partial charge >= 0.3 is 0 Å². The minimum atomic E-state index is -0.213. The molecule has 6 nitrogen and oxygen atoms in total. The summed E-state index contributed by atoms with van der Waals surface area (Å²) in [6.07, 6.45) is 2.25. The second-order valence-corrected chi connectivity index (χ2v) is 3.89. The summed E-state index contributed by atoms with van der Waals surface area (Å²) in [5.74, 6) is 6.24. The summed E-state index contributed by atoms with van der Waals surface area (Å²) in [5.41, 5.74) is 2.16. The minimum absolute atomic E-state index is 0.132. The third kappa shape index (κ3) is 3.69. The number of nitrogens with one attached hydrogen (secondary N) is 2. The summed E-state index contributed by atoms with van der Waals surface area (Å²) >= 11 is 0. The summed E-state index contributed by atoms with van der Waals surface area (Å²) in [6.45, 7) is 4.11. The quantitative estimate of drug-likeness (QED) is 0.414. The van der Waals surface area contributed by atoms with Crippen molar-refractivity contribution in [1.82, 2.24) is 9.97 Å². The molecule has 0 atom stereocenters. The number of hydrogen-bond acceptors (Lipinski definition) is 6. The molecule has 84 valence electrons. The van der Waals surface area contributed by atoms with Gasteiger partial charge in [0.15, 0.2) is 0 Å². The topological polar surface area (TPSA) is 96.1 Å². The van der Waals surface area contributed by atoms with Crippen molar-refractivity contribution in [2.45, 2.75) is 25.8 Å². The number of aliphatic hydroxyl groups is 1. The first-order valence-electron chi connectivity index (χ1n) is 4.76. The van der Waals surface area contributed by atoms with Crippen LogP contribution in [0.5, 0.6) is 0 Å². The third-order valence-corrected chi connectivity index (χ3v) is 1.99. The molecule has 0 radical (unpaired) electrons. The van der Waals surface area contributed by atoms with Crippen molar-refractivity contribution in [2.75, 3.05) is 17.3 Å².